The minimum Gasteiger partial charge on any atom is -0.352 e. The minimum absolute atomic E-state index is 0.0417. The second kappa shape index (κ2) is 5.09. The molecule has 2 heteroatoms. The van der Waals surface area contributed by atoms with Gasteiger partial charge >= 0.3 is 0 Å². The van der Waals surface area contributed by atoms with Crippen LogP contribution in [0.5, 0.6) is 0 Å². The van der Waals surface area contributed by atoms with Gasteiger partial charge in [0.1, 0.15) is 0 Å². The topological polar surface area (TPSA) is 29.1 Å². The number of amides is 1. The zero-order valence-electron chi connectivity index (χ0n) is 5.34. The maximum atomic E-state index is 9.86. The Labute approximate surface area is 55.3 Å². The third-order valence-electron chi connectivity index (χ3n) is 0.987. The molecule has 50 valence electrons. The monoisotopic (exact) mass is 125 g/mol. The van der Waals surface area contributed by atoms with Gasteiger partial charge in [-0.1, -0.05) is 12.2 Å². The first kappa shape index (κ1) is 7.95. The van der Waals surface area contributed by atoms with Gasteiger partial charge in [-0.3, -0.25) is 4.79 Å². The van der Waals surface area contributed by atoms with E-state index >= 15 is 0 Å². The lowest BCUT2D eigenvalue weighted by molar-refractivity contribution is -0.109. The van der Waals surface area contributed by atoms with Crippen molar-refractivity contribution in [2.24, 2.45) is 0 Å². The molecule has 0 spiro atoms. The average molecular weight is 125 g/mol. The van der Waals surface area contributed by atoms with E-state index in [-0.39, 0.29) is 6.04 Å². The van der Waals surface area contributed by atoms with Gasteiger partial charge in [0.05, 0.1) is 0 Å². The van der Waals surface area contributed by atoms with Crippen LogP contribution in [0.25, 0.3) is 0 Å². The van der Waals surface area contributed by atoms with Gasteiger partial charge in [0.25, 0.3) is 0 Å². The van der Waals surface area contributed by atoms with Gasteiger partial charge in [0.15, 0.2) is 0 Å². The third-order valence-corrected chi connectivity index (χ3v) is 0.987. The predicted octanol–water partition coefficient (Wildman–Crippen LogP) is 0.863. The highest BCUT2D eigenvalue weighted by Crippen LogP contribution is 1.90. The van der Waals surface area contributed by atoms with Crippen LogP contribution in [-0.2, 0) is 4.79 Å². The summed E-state index contributed by atoms with van der Waals surface area (Å²) in [6.45, 7) is 7.06. The van der Waals surface area contributed by atoms with E-state index in [4.69, 9.17) is 0 Å². The smallest absolute Gasteiger partial charge is 0.207 e. The number of hydrogen-bond acceptors (Lipinski definition) is 1. The van der Waals surface area contributed by atoms with Crippen molar-refractivity contribution in [2.75, 3.05) is 0 Å². The van der Waals surface area contributed by atoms with Crippen molar-refractivity contribution in [1.29, 1.82) is 0 Å². The summed E-state index contributed by atoms with van der Waals surface area (Å²) in [5, 5.41) is 2.56. The van der Waals surface area contributed by atoms with Gasteiger partial charge in [0, 0.05) is 6.04 Å². The Hall–Kier alpha value is -1.05. The molecule has 1 amide bonds. The fourth-order valence-corrected chi connectivity index (χ4v) is 0.499. The first-order valence-corrected chi connectivity index (χ1v) is 2.78. The number of nitrogens with one attached hydrogen (secondary N) is 1. The molecule has 0 heterocycles. The second-order valence-electron chi connectivity index (χ2n) is 1.65. The molecule has 0 saturated heterocycles. The minimum atomic E-state index is 0.0417. The fourth-order valence-electron chi connectivity index (χ4n) is 0.499. The summed E-state index contributed by atoms with van der Waals surface area (Å²) in [6, 6.07) is 0.0417. The molecule has 2 nitrogen and oxygen atoms in total. The first-order valence-electron chi connectivity index (χ1n) is 2.78. The molecule has 1 N–H and O–H groups in total. The Morgan fingerprint density at radius 1 is 1.56 bits per heavy atom. The van der Waals surface area contributed by atoms with Gasteiger partial charge in [0.2, 0.25) is 6.41 Å². The zero-order chi connectivity index (χ0) is 7.11. The number of carbonyl (C=O) groups excluding carboxylic acids is 1. The molecule has 0 aromatic carbocycles. The Kier molecular flexibility index (Phi) is 4.50. The fraction of sp³-hybridized carbons (Fsp3) is 0.286. The van der Waals surface area contributed by atoms with E-state index in [1.165, 1.54) is 0 Å². The molecule has 0 aliphatic carbocycles. The molecular weight excluding hydrogens is 114 g/mol. The number of carbonyl (C=O) groups is 1. The maximum absolute atomic E-state index is 9.86. The van der Waals surface area contributed by atoms with Crippen LogP contribution in [-0.4, -0.2) is 12.5 Å². The second-order valence-corrected chi connectivity index (χ2v) is 1.65. The Morgan fingerprint density at radius 2 is 2.22 bits per heavy atom. The van der Waals surface area contributed by atoms with Crippen molar-refractivity contribution < 1.29 is 4.79 Å². The SMILES string of the molecule is C=CCC(C=C)NC=O. The van der Waals surface area contributed by atoms with Crippen molar-refractivity contribution in [2.45, 2.75) is 12.5 Å². The van der Waals surface area contributed by atoms with E-state index in [0.29, 0.717) is 6.41 Å². The molecule has 0 rings (SSSR count). The van der Waals surface area contributed by atoms with Crippen LogP contribution in [0, 0.1) is 0 Å². The number of rotatable bonds is 5. The van der Waals surface area contributed by atoms with E-state index in [2.05, 4.69) is 18.5 Å². The molecule has 0 aliphatic rings. The summed E-state index contributed by atoms with van der Waals surface area (Å²) in [7, 11) is 0. The van der Waals surface area contributed by atoms with Crippen molar-refractivity contribution in [1.82, 2.24) is 5.32 Å². The Bertz CT molecular complexity index is 99.5. The van der Waals surface area contributed by atoms with E-state index < -0.39 is 0 Å². The van der Waals surface area contributed by atoms with Crippen molar-refractivity contribution in [3.63, 3.8) is 0 Å². The van der Waals surface area contributed by atoms with E-state index in [1.807, 2.05) is 0 Å². The first-order chi connectivity index (χ1) is 4.35. The molecule has 0 aromatic rings. The largest absolute Gasteiger partial charge is 0.352 e. The summed E-state index contributed by atoms with van der Waals surface area (Å²) in [5.41, 5.74) is 0. The van der Waals surface area contributed by atoms with Crippen molar-refractivity contribution in [3.05, 3.63) is 25.3 Å². The Balaban J connectivity index is 3.51. The van der Waals surface area contributed by atoms with Crippen LogP contribution in [0.1, 0.15) is 6.42 Å². The van der Waals surface area contributed by atoms with Crippen LogP contribution in [0.3, 0.4) is 0 Å². The predicted molar refractivity (Wildman–Crippen MR) is 38.0 cm³/mol. The molecule has 0 bridgehead atoms. The van der Waals surface area contributed by atoms with Crippen LogP contribution >= 0.6 is 0 Å². The molecule has 1 unspecified atom stereocenters. The van der Waals surface area contributed by atoms with E-state index in [9.17, 15) is 4.79 Å². The molecule has 0 aliphatic heterocycles. The van der Waals surface area contributed by atoms with Gasteiger partial charge in [-0.2, -0.15) is 0 Å². The highest BCUT2D eigenvalue weighted by molar-refractivity contribution is 5.47. The summed E-state index contributed by atoms with van der Waals surface area (Å²) < 4.78 is 0. The number of hydrogen-bond donors (Lipinski definition) is 1. The molecule has 0 fully saturated rings. The highest BCUT2D eigenvalue weighted by atomic mass is 16.1. The summed E-state index contributed by atoms with van der Waals surface area (Å²) in [4.78, 5) is 9.86. The van der Waals surface area contributed by atoms with Gasteiger partial charge in [-0.15, -0.1) is 13.2 Å². The third kappa shape index (κ3) is 3.53. The van der Waals surface area contributed by atoms with Gasteiger partial charge in [-0.25, -0.2) is 0 Å². The van der Waals surface area contributed by atoms with Crippen LogP contribution < -0.4 is 5.32 Å². The lowest BCUT2D eigenvalue weighted by atomic mass is 10.2. The zero-order valence-corrected chi connectivity index (χ0v) is 5.34. The summed E-state index contributed by atoms with van der Waals surface area (Å²) in [5.74, 6) is 0. The average Bonchev–Trinajstić information content (AvgIpc) is 1.88. The normalized spacial score (nSPS) is 11.6. The van der Waals surface area contributed by atoms with Gasteiger partial charge in [-0.05, 0) is 6.42 Å². The van der Waals surface area contributed by atoms with Crippen molar-refractivity contribution in [3.8, 4) is 0 Å². The standard InChI is InChI=1S/C7H11NO/c1-3-5-7(4-2)8-6-9/h3-4,6-7H,1-2,5H2,(H,8,9). The molecular formula is C7H11NO. The van der Waals surface area contributed by atoms with Crippen LogP contribution in [0.4, 0.5) is 0 Å². The Morgan fingerprint density at radius 3 is 2.56 bits per heavy atom. The molecule has 9 heavy (non-hydrogen) atoms. The van der Waals surface area contributed by atoms with Crippen LogP contribution in [0.2, 0.25) is 0 Å². The molecule has 0 aromatic heterocycles. The lowest BCUT2D eigenvalue weighted by Crippen LogP contribution is -2.24. The summed E-state index contributed by atoms with van der Waals surface area (Å²) >= 11 is 0. The summed E-state index contributed by atoms with van der Waals surface area (Å²) in [6.07, 6.45) is 4.82. The van der Waals surface area contributed by atoms with E-state index in [0.717, 1.165) is 6.42 Å². The van der Waals surface area contributed by atoms with Crippen molar-refractivity contribution >= 4 is 6.41 Å². The maximum Gasteiger partial charge on any atom is 0.207 e. The highest BCUT2D eigenvalue weighted by Gasteiger charge is 1.95. The lowest BCUT2D eigenvalue weighted by Gasteiger charge is -2.05. The van der Waals surface area contributed by atoms with E-state index in [1.54, 1.807) is 12.2 Å². The van der Waals surface area contributed by atoms with Gasteiger partial charge < -0.3 is 5.32 Å². The quantitative estimate of drug-likeness (QED) is 0.428. The molecule has 0 radical (unpaired) electrons. The molecule has 0 saturated carbocycles. The molecule has 1 atom stereocenters. The van der Waals surface area contributed by atoms with Crippen LogP contribution in [0.15, 0.2) is 25.3 Å².